The van der Waals surface area contributed by atoms with Crippen LogP contribution in [0.3, 0.4) is 0 Å². The normalized spacial score (nSPS) is 20.9. The van der Waals surface area contributed by atoms with Crippen LogP contribution in [-0.4, -0.2) is 83.4 Å². The summed E-state index contributed by atoms with van der Waals surface area (Å²) in [5.74, 6) is 0. The maximum Gasteiger partial charge on any atom is 0.266 e. The summed E-state index contributed by atoms with van der Waals surface area (Å²) in [6.07, 6.45) is 4.15. The number of rotatable bonds is 6. The third kappa shape index (κ3) is 6.13. The van der Waals surface area contributed by atoms with Crippen molar-refractivity contribution >= 4 is 0 Å². The monoisotopic (exact) mass is 375 g/mol. The first-order valence-corrected chi connectivity index (χ1v) is 10.7. The summed E-state index contributed by atoms with van der Waals surface area (Å²) in [6, 6.07) is 3.52. The van der Waals surface area contributed by atoms with Crippen molar-refractivity contribution in [1.29, 1.82) is 0 Å². The average molecular weight is 376 g/mol. The first-order chi connectivity index (χ1) is 12.9. The van der Waals surface area contributed by atoms with E-state index in [2.05, 4.69) is 40.6 Å². The summed E-state index contributed by atoms with van der Waals surface area (Å²) < 4.78 is 1.64. The van der Waals surface area contributed by atoms with E-state index < -0.39 is 0 Å². The molecular weight excluding hydrogens is 338 g/mol. The summed E-state index contributed by atoms with van der Waals surface area (Å²) in [5, 5.41) is 4.59. The van der Waals surface area contributed by atoms with E-state index in [0.717, 1.165) is 38.4 Å². The molecular formula is C21H37N5O. The molecule has 2 fully saturated rings. The molecule has 1 aromatic heterocycles. The van der Waals surface area contributed by atoms with E-state index >= 15 is 0 Å². The fourth-order valence-corrected chi connectivity index (χ4v) is 3.95. The lowest BCUT2D eigenvalue weighted by Crippen LogP contribution is -2.49. The molecule has 0 aromatic carbocycles. The van der Waals surface area contributed by atoms with Crippen LogP contribution < -0.4 is 5.56 Å². The highest BCUT2D eigenvalue weighted by Gasteiger charge is 2.19. The summed E-state index contributed by atoms with van der Waals surface area (Å²) >= 11 is 0. The molecule has 0 amide bonds. The minimum Gasteiger partial charge on any atom is -0.302 e. The van der Waals surface area contributed by atoms with E-state index in [1.807, 2.05) is 6.07 Å². The Morgan fingerprint density at radius 2 is 1.30 bits per heavy atom. The van der Waals surface area contributed by atoms with Crippen molar-refractivity contribution in [3.63, 3.8) is 0 Å². The SMILES string of the molecule is CC(C)(C)c1ccc(=O)n(CCN2CCN(CCN3CCCCC3)CC2)n1. The zero-order chi connectivity index (χ0) is 19.3. The van der Waals surface area contributed by atoms with Gasteiger partial charge in [0.05, 0.1) is 12.2 Å². The number of piperazine rings is 1. The smallest absolute Gasteiger partial charge is 0.266 e. The molecule has 152 valence electrons. The van der Waals surface area contributed by atoms with E-state index in [4.69, 9.17) is 0 Å². The van der Waals surface area contributed by atoms with Crippen LogP contribution in [0.5, 0.6) is 0 Å². The average Bonchev–Trinajstić information content (AvgIpc) is 2.66. The minimum absolute atomic E-state index is 0.00293. The lowest BCUT2D eigenvalue weighted by Gasteiger charge is -2.36. The van der Waals surface area contributed by atoms with Gasteiger partial charge in [-0.15, -0.1) is 0 Å². The van der Waals surface area contributed by atoms with Gasteiger partial charge in [0.2, 0.25) is 0 Å². The number of aromatic nitrogens is 2. The number of hydrogen-bond acceptors (Lipinski definition) is 5. The van der Waals surface area contributed by atoms with Crippen molar-refractivity contribution < 1.29 is 0 Å². The molecule has 0 N–H and O–H groups in total. The molecule has 3 heterocycles. The fourth-order valence-electron chi connectivity index (χ4n) is 3.95. The van der Waals surface area contributed by atoms with Gasteiger partial charge in [-0.3, -0.25) is 14.6 Å². The van der Waals surface area contributed by atoms with Gasteiger partial charge in [0.15, 0.2) is 0 Å². The maximum absolute atomic E-state index is 12.1. The highest BCUT2D eigenvalue weighted by atomic mass is 16.1. The molecule has 3 rings (SSSR count). The Balaban J connectivity index is 1.41. The maximum atomic E-state index is 12.1. The largest absolute Gasteiger partial charge is 0.302 e. The predicted octanol–water partition coefficient (Wildman–Crippen LogP) is 1.64. The second-order valence-electron chi connectivity index (χ2n) is 9.12. The predicted molar refractivity (Wildman–Crippen MR) is 110 cm³/mol. The van der Waals surface area contributed by atoms with Gasteiger partial charge in [-0.2, -0.15) is 5.10 Å². The van der Waals surface area contributed by atoms with Crippen LogP contribution in [0.2, 0.25) is 0 Å². The molecule has 0 saturated carbocycles. The zero-order valence-corrected chi connectivity index (χ0v) is 17.5. The second kappa shape index (κ2) is 9.30. The fraction of sp³-hybridized carbons (Fsp3) is 0.810. The van der Waals surface area contributed by atoms with Gasteiger partial charge < -0.3 is 4.90 Å². The van der Waals surface area contributed by atoms with Crippen LogP contribution in [0, 0.1) is 0 Å². The van der Waals surface area contributed by atoms with E-state index in [1.165, 1.54) is 45.4 Å². The number of nitrogens with zero attached hydrogens (tertiary/aromatic N) is 5. The molecule has 0 atom stereocenters. The van der Waals surface area contributed by atoms with Crippen molar-refractivity contribution in [1.82, 2.24) is 24.5 Å². The summed E-state index contributed by atoms with van der Waals surface area (Å²) in [7, 11) is 0. The van der Waals surface area contributed by atoms with Crippen LogP contribution in [0.1, 0.15) is 45.7 Å². The molecule has 0 aliphatic carbocycles. The number of likely N-dealkylation sites (tertiary alicyclic amines) is 1. The van der Waals surface area contributed by atoms with Crippen LogP contribution in [0.25, 0.3) is 0 Å². The molecule has 0 bridgehead atoms. The van der Waals surface area contributed by atoms with Gasteiger partial charge in [0.25, 0.3) is 5.56 Å². The molecule has 6 nitrogen and oxygen atoms in total. The number of piperidine rings is 1. The Morgan fingerprint density at radius 3 is 1.85 bits per heavy atom. The van der Waals surface area contributed by atoms with Crippen molar-refractivity contribution in [3.8, 4) is 0 Å². The molecule has 27 heavy (non-hydrogen) atoms. The lowest BCUT2D eigenvalue weighted by molar-refractivity contribution is 0.110. The Bertz CT molecular complexity index is 637. The molecule has 0 unspecified atom stereocenters. The van der Waals surface area contributed by atoms with Gasteiger partial charge in [0.1, 0.15) is 0 Å². The van der Waals surface area contributed by atoms with Gasteiger partial charge in [-0.1, -0.05) is 27.2 Å². The summed E-state index contributed by atoms with van der Waals surface area (Å²) in [6.45, 7) is 17.4. The molecule has 0 radical (unpaired) electrons. The first kappa shape index (κ1) is 20.5. The molecule has 0 spiro atoms. The van der Waals surface area contributed by atoms with Crippen molar-refractivity contribution in [2.24, 2.45) is 0 Å². The Kier molecular flexibility index (Phi) is 7.06. The van der Waals surface area contributed by atoms with Crippen LogP contribution in [-0.2, 0) is 12.0 Å². The zero-order valence-electron chi connectivity index (χ0n) is 17.5. The Labute approximate surface area is 164 Å². The topological polar surface area (TPSA) is 44.6 Å². The lowest BCUT2D eigenvalue weighted by atomic mass is 9.92. The van der Waals surface area contributed by atoms with Gasteiger partial charge in [-0.25, -0.2) is 4.68 Å². The van der Waals surface area contributed by atoms with Crippen molar-refractivity contribution in [2.45, 2.75) is 52.0 Å². The van der Waals surface area contributed by atoms with Crippen molar-refractivity contribution in [2.75, 3.05) is 58.9 Å². The molecule has 1 aromatic rings. The molecule has 2 saturated heterocycles. The second-order valence-corrected chi connectivity index (χ2v) is 9.12. The quantitative estimate of drug-likeness (QED) is 0.756. The number of hydrogen-bond donors (Lipinski definition) is 0. The van der Waals surface area contributed by atoms with Crippen molar-refractivity contribution in [3.05, 3.63) is 28.2 Å². The summed E-state index contributed by atoms with van der Waals surface area (Å²) in [4.78, 5) is 19.8. The third-order valence-electron chi connectivity index (χ3n) is 5.91. The van der Waals surface area contributed by atoms with E-state index in [-0.39, 0.29) is 11.0 Å². The van der Waals surface area contributed by atoms with E-state index in [1.54, 1.807) is 10.7 Å². The first-order valence-electron chi connectivity index (χ1n) is 10.7. The Hall–Kier alpha value is -1.24. The van der Waals surface area contributed by atoms with Crippen LogP contribution >= 0.6 is 0 Å². The summed E-state index contributed by atoms with van der Waals surface area (Å²) in [5.41, 5.74) is 0.947. The highest BCUT2D eigenvalue weighted by Crippen LogP contribution is 2.18. The standard InChI is InChI=1S/C21H37N5O/c1-21(2,3)19-7-8-20(27)26(22-19)18-17-25-15-13-24(14-16-25)12-11-23-9-5-4-6-10-23/h7-8H,4-6,9-18H2,1-3H3. The van der Waals surface area contributed by atoms with E-state index in [0.29, 0.717) is 6.54 Å². The third-order valence-corrected chi connectivity index (χ3v) is 5.91. The molecule has 2 aliphatic heterocycles. The van der Waals surface area contributed by atoms with Gasteiger partial charge in [0, 0.05) is 57.3 Å². The van der Waals surface area contributed by atoms with Crippen LogP contribution in [0.15, 0.2) is 16.9 Å². The molecule has 2 aliphatic rings. The van der Waals surface area contributed by atoms with Gasteiger partial charge >= 0.3 is 0 Å². The van der Waals surface area contributed by atoms with Gasteiger partial charge in [-0.05, 0) is 32.0 Å². The van der Waals surface area contributed by atoms with E-state index in [9.17, 15) is 4.79 Å². The molecule has 6 heteroatoms. The minimum atomic E-state index is -0.0323. The highest BCUT2D eigenvalue weighted by molar-refractivity contribution is 5.10. The van der Waals surface area contributed by atoms with Crippen LogP contribution in [0.4, 0.5) is 0 Å². The Morgan fingerprint density at radius 1 is 0.778 bits per heavy atom.